The molecule has 4 nitrogen and oxygen atoms in total. The van der Waals surface area contributed by atoms with Gasteiger partial charge in [0.1, 0.15) is 0 Å². The summed E-state index contributed by atoms with van der Waals surface area (Å²) in [5.74, 6) is 0.463. The van der Waals surface area contributed by atoms with Crippen LogP contribution < -0.4 is 0 Å². The lowest BCUT2D eigenvalue weighted by Gasteiger charge is -2.04. The first kappa shape index (κ1) is 11.0. The zero-order chi connectivity index (χ0) is 10.6. The molecule has 0 aliphatic rings. The molecule has 0 saturated carbocycles. The van der Waals surface area contributed by atoms with Crippen LogP contribution in [-0.4, -0.2) is 21.9 Å². The first-order valence-electron chi connectivity index (χ1n) is 4.15. The van der Waals surface area contributed by atoms with Crippen molar-refractivity contribution in [1.29, 1.82) is 0 Å². The van der Waals surface area contributed by atoms with Gasteiger partial charge in [-0.1, -0.05) is 12.1 Å². The number of nitrogens with zero attached hydrogens (tertiary/aromatic N) is 1. The SMILES string of the molecule is CC(O)CSc1ccccc1[N+](=O)[O-]. The predicted molar refractivity (Wildman–Crippen MR) is 55.5 cm³/mol. The highest BCUT2D eigenvalue weighted by Crippen LogP contribution is 2.28. The maximum absolute atomic E-state index is 10.6. The van der Waals surface area contributed by atoms with Crippen molar-refractivity contribution in [3.8, 4) is 0 Å². The molecule has 1 unspecified atom stereocenters. The van der Waals surface area contributed by atoms with Gasteiger partial charge in [-0.2, -0.15) is 0 Å². The Balaban J connectivity index is 2.79. The topological polar surface area (TPSA) is 63.4 Å². The van der Waals surface area contributed by atoms with Gasteiger partial charge in [-0.3, -0.25) is 10.1 Å². The monoisotopic (exact) mass is 213 g/mol. The Kier molecular flexibility index (Phi) is 3.91. The van der Waals surface area contributed by atoms with Gasteiger partial charge in [-0.25, -0.2) is 0 Å². The number of thioether (sulfide) groups is 1. The number of para-hydroxylation sites is 1. The highest BCUT2D eigenvalue weighted by molar-refractivity contribution is 7.99. The Morgan fingerprint density at radius 2 is 2.21 bits per heavy atom. The van der Waals surface area contributed by atoms with Crippen molar-refractivity contribution in [1.82, 2.24) is 0 Å². The summed E-state index contributed by atoms with van der Waals surface area (Å²) in [5, 5.41) is 19.6. The third-order valence-electron chi connectivity index (χ3n) is 1.54. The molecule has 1 atom stereocenters. The Labute approximate surface area is 86.1 Å². The standard InChI is InChI=1S/C9H11NO3S/c1-7(11)6-14-9-5-3-2-4-8(9)10(12)13/h2-5,7,11H,6H2,1H3. The molecule has 0 amide bonds. The van der Waals surface area contributed by atoms with Crippen LogP contribution >= 0.6 is 11.8 Å². The van der Waals surface area contributed by atoms with Crippen LogP contribution in [0.25, 0.3) is 0 Å². The average molecular weight is 213 g/mol. The smallest absolute Gasteiger partial charge is 0.282 e. The third-order valence-corrected chi connectivity index (χ3v) is 2.85. The van der Waals surface area contributed by atoms with Crippen molar-refractivity contribution >= 4 is 17.4 Å². The Morgan fingerprint density at radius 3 is 2.79 bits per heavy atom. The molecule has 0 aromatic heterocycles. The summed E-state index contributed by atoms with van der Waals surface area (Å²) in [6.07, 6.45) is -0.459. The van der Waals surface area contributed by atoms with Crippen molar-refractivity contribution in [2.75, 3.05) is 5.75 Å². The van der Waals surface area contributed by atoms with Gasteiger partial charge in [-0.05, 0) is 13.0 Å². The number of nitro benzene ring substituents is 1. The molecule has 1 N–H and O–H groups in total. The highest BCUT2D eigenvalue weighted by atomic mass is 32.2. The van der Waals surface area contributed by atoms with Crippen LogP contribution in [0, 0.1) is 10.1 Å². The lowest BCUT2D eigenvalue weighted by atomic mass is 10.3. The van der Waals surface area contributed by atoms with Gasteiger partial charge in [0.05, 0.1) is 15.9 Å². The number of benzene rings is 1. The van der Waals surface area contributed by atoms with Gasteiger partial charge in [-0.15, -0.1) is 11.8 Å². The van der Waals surface area contributed by atoms with Crippen LogP contribution in [0.15, 0.2) is 29.2 Å². The lowest BCUT2D eigenvalue weighted by Crippen LogP contribution is -2.02. The molecule has 0 radical (unpaired) electrons. The second-order valence-electron chi connectivity index (χ2n) is 2.88. The van der Waals surface area contributed by atoms with Gasteiger partial charge < -0.3 is 5.11 Å². The lowest BCUT2D eigenvalue weighted by molar-refractivity contribution is -0.387. The van der Waals surface area contributed by atoms with Crippen LogP contribution in [0.1, 0.15) is 6.92 Å². The largest absolute Gasteiger partial charge is 0.393 e. The molecular formula is C9H11NO3S. The van der Waals surface area contributed by atoms with Gasteiger partial charge in [0.15, 0.2) is 0 Å². The number of hydrogen-bond donors (Lipinski definition) is 1. The van der Waals surface area contributed by atoms with Crippen molar-refractivity contribution in [3.05, 3.63) is 34.4 Å². The highest BCUT2D eigenvalue weighted by Gasteiger charge is 2.12. The van der Waals surface area contributed by atoms with Gasteiger partial charge >= 0.3 is 0 Å². The second-order valence-corrected chi connectivity index (χ2v) is 3.95. The fourth-order valence-electron chi connectivity index (χ4n) is 0.940. The summed E-state index contributed by atoms with van der Waals surface area (Å²) in [6, 6.07) is 6.53. The number of aliphatic hydroxyl groups excluding tert-OH is 1. The van der Waals surface area contributed by atoms with Crippen LogP contribution in [0.4, 0.5) is 5.69 Å². The third kappa shape index (κ3) is 3.01. The van der Waals surface area contributed by atoms with Crippen molar-refractivity contribution < 1.29 is 10.0 Å². The van der Waals surface area contributed by atoms with E-state index in [4.69, 9.17) is 5.11 Å². The van der Waals surface area contributed by atoms with Crippen LogP contribution in [-0.2, 0) is 0 Å². The molecule has 0 bridgehead atoms. The summed E-state index contributed by atoms with van der Waals surface area (Å²) in [4.78, 5) is 10.8. The van der Waals surface area contributed by atoms with Crippen LogP contribution in [0.3, 0.4) is 0 Å². The van der Waals surface area contributed by atoms with E-state index in [1.54, 1.807) is 25.1 Å². The number of rotatable bonds is 4. The average Bonchev–Trinajstić information content (AvgIpc) is 2.15. The number of hydrogen-bond acceptors (Lipinski definition) is 4. The zero-order valence-electron chi connectivity index (χ0n) is 7.71. The minimum absolute atomic E-state index is 0.0955. The maximum atomic E-state index is 10.6. The van der Waals surface area contributed by atoms with E-state index in [9.17, 15) is 10.1 Å². The van der Waals surface area contributed by atoms with Crippen molar-refractivity contribution in [2.45, 2.75) is 17.9 Å². The summed E-state index contributed by atoms with van der Waals surface area (Å²) in [7, 11) is 0. The van der Waals surface area contributed by atoms with Gasteiger partial charge in [0.25, 0.3) is 5.69 Å². The Bertz CT molecular complexity index is 328. The molecule has 1 rings (SSSR count). The van der Waals surface area contributed by atoms with Crippen molar-refractivity contribution in [2.24, 2.45) is 0 Å². The quantitative estimate of drug-likeness (QED) is 0.472. The first-order chi connectivity index (χ1) is 6.61. The fraction of sp³-hybridized carbons (Fsp3) is 0.333. The van der Waals surface area contributed by atoms with Gasteiger partial charge in [0, 0.05) is 11.8 Å². The molecule has 0 spiro atoms. The molecule has 0 saturated heterocycles. The maximum Gasteiger partial charge on any atom is 0.282 e. The second kappa shape index (κ2) is 4.97. The summed E-state index contributed by atoms with van der Waals surface area (Å²) >= 11 is 1.29. The molecular weight excluding hydrogens is 202 g/mol. The normalized spacial score (nSPS) is 12.4. The van der Waals surface area contributed by atoms with E-state index in [1.165, 1.54) is 17.8 Å². The van der Waals surface area contributed by atoms with Crippen LogP contribution in [0.2, 0.25) is 0 Å². The number of nitro groups is 1. The molecule has 1 aromatic carbocycles. The van der Waals surface area contributed by atoms with Gasteiger partial charge in [0.2, 0.25) is 0 Å². The minimum Gasteiger partial charge on any atom is -0.393 e. The first-order valence-corrected chi connectivity index (χ1v) is 5.14. The molecule has 0 aliphatic heterocycles. The summed E-state index contributed by atoms with van der Waals surface area (Å²) in [5.41, 5.74) is 0.0955. The van der Waals surface area contributed by atoms with Crippen molar-refractivity contribution in [3.63, 3.8) is 0 Å². The van der Waals surface area contributed by atoms with E-state index >= 15 is 0 Å². The molecule has 14 heavy (non-hydrogen) atoms. The molecule has 0 fully saturated rings. The molecule has 76 valence electrons. The van der Waals surface area contributed by atoms with E-state index in [-0.39, 0.29) is 5.69 Å². The molecule has 0 aliphatic carbocycles. The summed E-state index contributed by atoms with van der Waals surface area (Å²) in [6.45, 7) is 1.65. The number of aliphatic hydroxyl groups is 1. The van der Waals surface area contributed by atoms with E-state index in [2.05, 4.69) is 0 Å². The van der Waals surface area contributed by atoms with E-state index in [1.807, 2.05) is 0 Å². The Hall–Kier alpha value is -1.07. The predicted octanol–water partition coefficient (Wildman–Crippen LogP) is 2.07. The van der Waals surface area contributed by atoms with E-state index < -0.39 is 11.0 Å². The molecule has 1 aromatic rings. The Morgan fingerprint density at radius 1 is 1.57 bits per heavy atom. The molecule has 0 heterocycles. The molecule has 5 heteroatoms. The minimum atomic E-state index is -0.459. The fourth-order valence-corrected chi connectivity index (χ4v) is 1.83. The van der Waals surface area contributed by atoms with Crippen LogP contribution in [0.5, 0.6) is 0 Å². The zero-order valence-corrected chi connectivity index (χ0v) is 8.53. The van der Waals surface area contributed by atoms with E-state index in [0.29, 0.717) is 10.6 Å². The van der Waals surface area contributed by atoms with E-state index in [0.717, 1.165) is 0 Å². The summed E-state index contributed by atoms with van der Waals surface area (Å²) < 4.78 is 0.